The van der Waals surface area contributed by atoms with Gasteiger partial charge in [-0.1, -0.05) is 24.3 Å². The van der Waals surface area contributed by atoms with E-state index in [1.165, 1.54) is 0 Å². The summed E-state index contributed by atoms with van der Waals surface area (Å²) in [4.78, 5) is 8.99. The van der Waals surface area contributed by atoms with E-state index in [9.17, 15) is 0 Å². The Morgan fingerprint density at radius 1 is 1.12 bits per heavy atom. The molecule has 0 spiro atoms. The fraction of sp³-hybridized carbons (Fsp3) is 0.300. The predicted octanol–water partition coefficient (Wildman–Crippen LogP) is 4.05. The Balaban J connectivity index is 0.00000243. The van der Waals surface area contributed by atoms with Crippen LogP contribution in [-0.4, -0.2) is 24.0 Å². The van der Waals surface area contributed by atoms with Crippen molar-refractivity contribution in [2.45, 2.75) is 26.8 Å². The van der Waals surface area contributed by atoms with Gasteiger partial charge in [-0.25, -0.2) is 4.99 Å². The number of benzene rings is 1. The van der Waals surface area contributed by atoms with Crippen LogP contribution in [0.15, 0.2) is 58.1 Å². The zero-order valence-corrected chi connectivity index (χ0v) is 17.5. The first kappa shape index (κ1) is 20.2. The van der Waals surface area contributed by atoms with Crippen LogP contribution >= 0.6 is 24.0 Å². The summed E-state index contributed by atoms with van der Waals surface area (Å²) in [5, 5.41) is 7.77. The highest BCUT2D eigenvalue weighted by atomic mass is 127. The summed E-state index contributed by atoms with van der Waals surface area (Å²) in [6, 6.07) is 14.1. The fourth-order valence-corrected chi connectivity index (χ4v) is 2.72. The summed E-state index contributed by atoms with van der Waals surface area (Å²) < 4.78 is 5.93. The van der Waals surface area contributed by atoms with Crippen molar-refractivity contribution in [2.24, 2.45) is 4.99 Å². The number of halogens is 1. The first-order valence-electron chi connectivity index (χ1n) is 8.67. The molecule has 6 heteroatoms. The molecule has 0 bridgehead atoms. The van der Waals surface area contributed by atoms with E-state index in [1.54, 1.807) is 0 Å². The van der Waals surface area contributed by atoms with Gasteiger partial charge < -0.3 is 15.1 Å². The second-order valence-corrected chi connectivity index (χ2v) is 5.84. The molecule has 0 unspecified atom stereocenters. The maximum atomic E-state index is 5.93. The summed E-state index contributed by atoms with van der Waals surface area (Å²) in [7, 11) is 0. The van der Waals surface area contributed by atoms with E-state index >= 15 is 0 Å². The Labute approximate surface area is 171 Å². The Kier molecular flexibility index (Phi) is 7.90. The van der Waals surface area contributed by atoms with Crippen LogP contribution in [0.1, 0.15) is 23.9 Å². The van der Waals surface area contributed by atoms with Crippen molar-refractivity contribution in [3.8, 4) is 0 Å². The van der Waals surface area contributed by atoms with Gasteiger partial charge in [-0.2, -0.15) is 0 Å². The van der Waals surface area contributed by atoms with Gasteiger partial charge in [0.15, 0.2) is 5.96 Å². The lowest BCUT2D eigenvalue weighted by Gasteiger charge is -2.10. The van der Waals surface area contributed by atoms with Gasteiger partial charge in [0, 0.05) is 42.4 Å². The van der Waals surface area contributed by atoms with Crippen molar-refractivity contribution in [3.05, 3.63) is 65.7 Å². The SMILES string of the molecule is CCNC(=NCc1oc2ccccc2c1C)NCCc1ccccn1.I. The van der Waals surface area contributed by atoms with Crippen LogP contribution < -0.4 is 10.6 Å². The number of hydrogen-bond donors (Lipinski definition) is 2. The third kappa shape index (κ3) is 5.20. The number of aryl methyl sites for hydroxylation is 1. The number of pyridine rings is 1. The summed E-state index contributed by atoms with van der Waals surface area (Å²) in [5.74, 6) is 1.70. The fourth-order valence-electron chi connectivity index (χ4n) is 2.72. The number of hydrogen-bond acceptors (Lipinski definition) is 3. The van der Waals surface area contributed by atoms with Gasteiger partial charge in [-0.3, -0.25) is 4.98 Å². The van der Waals surface area contributed by atoms with Crippen molar-refractivity contribution in [2.75, 3.05) is 13.1 Å². The minimum Gasteiger partial charge on any atom is -0.459 e. The second-order valence-electron chi connectivity index (χ2n) is 5.84. The molecule has 3 aromatic rings. The molecule has 138 valence electrons. The van der Waals surface area contributed by atoms with E-state index in [2.05, 4.69) is 40.5 Å². The van der Waals surface area contributed by atoms with Crippen LogP contribution in [0.5, 0.6) is 0 Å². The number of guanidine groups is 1. The smallest absolute Gasteiger partial charge is 0.191 e. The molecule has 0 aliphatic heterocycles. The first-order valence-corrected chi connectivity index (χ1v) is 8.67. The van der Waals surface area contributed by atoms with Gasteiger partial charge in [0.1, 0.15) is 17.9 Å². The van der Waals surface area contributed by atoms with Crippen LogP contribution in [0.25, 0.3) is 11.0 Å². The molecule has 5 nitrogen and oxygen atoms in total. The highest BCUT2D eigenvalue weighted by Gasteiger charge is 2.09. The van der Waals surface area contributed by atoms with Gasteiger partial charge in [0.05, 0.1) is 0 Å². The van der Waals surface area contributed by atoms with Crippen molar-refractivity contribution in [1.29, 1.82) is 0 Å². The average molecular weight is 464 g/mol. The molecule has 0 atom stereocenters. The monoisotopic (exact) mass is 464 g/mol. The quantitative estimate of drug-likeness (QED) is 0.328. The maximum Gasteiger partial charge on any atom is 0.191 e. The first-order chi connectivity index (χ1) is 12.3. The minimum absolute atomic E-state index is 0. The molecule has 0 aliphatic rings. The van der Waals surface area contributed by atoms with Crippen molar-refractivity contribution in [1.82, 2.24) is 15.6 Å². The summed E-state index contributed by atoms with van der Waals surface area (Å²) in [6.07, 6.45) is 2.67. The summed E-state index contributed by atoms with van der Waals surface area (Å²) >= 11 is 0. The molecule has 0 saturated heterocycles. The van der Waals surface area contributed by atoms with Gasteiger partial charge in [-0.15, -0.1) is 24.0 Å². The van der Waals surface area contributed by atoms with Crippen LogP contribution in [0.4, 0.5) is 0 Å². The lowest BCUT2D eigenvalue weighted by molar-refractivity contribution is 0.548. The van der Waals surface area contributed by atoms with Crippen molar-refractivity contribution in [3.63, 3.8) is 0 Å². The van der Waals surface area contributed by atoms with Gasteiger partial charge in [0.25, 0.3) is 0 Å². The average Bonchev–Trinajstić information content (AvgIpc) is 2.97. The molecule has 0 aliphatic carbocycles. The standard InChI is InChI=1S/C20H24N4O.HI/c1-3-21-20(23-13-11-16-8-6-7-12-22-16)24-14-19-15(2)17-9-4-5-10-18(17)25-19;/h4-10,12H,3,11,13-14H2,1-2H3,(H2,21,23,24);1H. The van der Waals surface area contributed by atoms with Crippen molar-refractivity contribution < 1.29 is 4.42 Å². The molecule has 2 N–H and O–H groups in total. The number of aliphatic imine (C=N–C) groups is 1. The zero-order chi connectivity index (χ0) is 17.5. The topological polar surface area (TPSA) is 62.5 Å². The van der Waals surface area contributed by atoms with Gasteiger partial charge in [0.2, 0.25) is 0 Å². The zero-order valence-electron chi connectivity index (χ0n) is 15.2. The van der Waals surface area contributed by atoms with E-state index in [4.69, 9.17) is 4.42 Å². The number of furan rings is 1. The molecular formula is C20H25IN4O. The molecule has 2 aromatic heterocycles. The molecule has 1 aromatic carbocycles. The van der Waals surface area contributed by atoms with Crippen LogP contribution in [-0.2, 0) is 13.0 Å². The van der Waals surface area contributed by atoms with E-state index in [0.29, 0.717) is 6.54 Å². The number of aromatic nitrogens is 1. The number of nitrogens with one attached hydrogen (secondary N) is 2. The minimum atomic E-state index is 0. The maximum absolute atomic E-state index is 5.93. The number of nitrogens with zero attached hydrogens (tertiary/aromatic N) is 2. The normalized spacial score (nSPS) is 11.2. The van der Waals surface area contributed by atoms with Crippen molar-refractivity contribution >= 4 is 40.9 Å². The molecule has 0 amide bonds. The Morgan fingerprint density at radius 2 is 1.92 bits per heavy atom. The van der Waals surface area contributed by atoms with Crippen LogP contribution in [0.2, 0.25) is 0 Å². The molecular weight excluding hydrogens is 439 g/mol. The summed E-state index contributed by atoms with van der Waals surface area (Å²) in [6.45, 7) is 6.25. The highest BCUT2D eigenvalue weighted by molar-refractivity contribution is 14.0. The van der Waals surface area contributed by atoms with Crippen LogP contribution in [0, 0.1) is 6.92 Å². The van der Waals surface area contributed by atoms with E-state index in [1.807, 2.05) is 42.6 Å². The molecule has 0 radical (unpaired) electrons. The lowest BCUT2D eigenvalue weighted by Crippen LogP contribution is -2.38. The van der Waals surface area contributed by atoms with Gasteiger partial charge >= 0.3 is 0 Å². The largest absolute Gasteiger partial charge is 0.459 e. The summed E-state index contributed by atoms with van der Waals surface area (Å²) in [5.41, 5.74) is 3.14. The third-order valence-electron chi connectivity index (χ3n) is 4.07. The molecule has 26 heavy (non-hydrogen) atoms. The molecule has 2 heterocycles. The van der Waals surface area contributed by atoms with E-state index < -0.39 is 0 Å². The number of rotatable bonds is 6. The Hall–Kier alpha value is -2.09. The second kappa shape index (κ2) is 10.2. The third-order valence-corrected chi connectivity index (χ3v) is 4.07. The number of para-hydroxylation sites is 1. The van der Waals surface area contributed by atoms with Gasteiger partial charge in [-0.05, 0) is 32.0 Å². The Bertz CT molecular complexity index is 845. The van der Waals surface area contributed by atoms with Crippen LogP contribution in [0.3, 0.4) is 0 Å². The lowest BCUT2D eigenvalue weighted by atomic mass is 10.1. The number of fused-ring (bicyclic) bond motifs is 1. The molecule has 0 saturated carbocycles. The van der Waals surface area contributed by atoms with E-state index in [-0.39, 0.29) is 24.0 Å². The molecule has 0 fully saturated rings. The predicted molar refractivity (Wildman–Crippen MR) is 117 cm³/mol. The highest BCUT2D eigenvalue weighted by Crippen LogP contribution is 2.25. The Morgan fingerprint density at radius 3 is 2.65 bits per heavy atom. The van der Waals surface area contributed by atoms with E-state index in [0.717, 1.165) is 53.5 Å². The molecule has 3 rings (SSSR count).